The zero-order valence-corrected chi connectivity index (χ0v) is 14.1. The molecule has 9 heteroatoms. The summed E-state index contributed by atoms with van der Waals surface area (Å²) in [6, 6.07) is 0.409. The lowest BCUT2D eigenvalue weighted by Gasteiger charge is -2.34. The van der Waals surface area contributed by atoms with Gasteiger partial charge in [0.2, 0.25) is 0 Å². The van der Waals surface area contributed by atoms with Crippen molar-refractivity contribution in [3.63, 3.8) is 0 Å². The molecule has 0 radical (unpaired) electrons. The van der Waals surface area contributed by atoms with Crippen molar-refractivity contribution in [1.82, 2.24) is 19.6 Å². The van der Waals surface area contributed by atoms with Gasteiger partial charge in [-0.15, -0.1) is 0 Å². The maximum absolute atomic E-state index is 5.91. The van der Waals surface area contributed by atoms with E-state index in [0.29, 0.717) is 29.1 Å². The smallest absolute Gasteiger partial charge is 0.168 e. The van der Waals surface area contributed by atoms with E-state index in [1.807, 2.05) is 0 Å². The Balaban J connectivity index is 1.98. The molecule has 0 amide bonds. The highest BCUT2D eigenvalue weighted by atomic mass is 15.3. The van der Waals surface area contributed by atoms with Crippen LogP contribution >= 0.6 is 0 Å². The van der Waals surface area contributed by atoms with Crippen molar-refractivity contribution >= 4 is 23.0 Å². The quantitative estimate of drug-likeness (QED) is 0.527. The number of rotatable bonds is 7. The molecule has 0 aromatic carbocycles. The highest BCUT2D eigenvalue weighted by Crippen LogP contribution is 2.19. The maximum Gasteiger partial charge on any atom is 0.168 e. The van der Waals surface area contributed by atoms with Crippen LogP contribution < -0.4 is 22.9 Å². The summed E-state index contributed by atoms with van der Waals surface area (Å²) in [4.78, 5) is 0. The number of aromatic nitrogens is 4. The van der Waals surface area contributed by atoms with Gasteiger partial charge in [0.1, 0.15) is 5.82 Å². The van der Waals surface area contributed by atoms with E-state index < -0.39 is 0 Å². The third-order valence-corrected chi connectivity index (χ3v) is 4.19. The minimum Gasteiger partial charge on any atom is -0.394 e. The topological polar surface area (TPSA) is 140 Å². The van der Waals surface area contributed by atoms with Crippen LogP contribution in [-0.4, -0.2) is 51.2 Å². The minimum atomic E-state index is 0.381. The molecule has 0 aliphatic rings. The Morgan fingerprint density at radius 2 is 1.70 bits per heavy atom. The molecule has 0 aliphatic heterocycles. The molecule has 0 saturated carbocycles. The molecule has 2 aromatic rings. The Kier molecular flexibility index (Phi) is 4.69. The van der Waals surface area contributed by atoms with E-state index in [2.05, 4.69) is 31.3 Å². The van der Waals surface area contributed by atoms with Crippen LogP contribution in [0, 0.1) is 0 Å². The lowest BCUT2D eigenvalue weighted by atomic mass is 10.1. The first-order valence-electron chi connectivity index (χ1n) is 7.64. The van der Waals surface area contributed by atoms with Crippen LogP contribution in [-0.2, 0) is 13.1 Å². The van der Waals surface area contributed by atoms with Gasteiger partial charge in [-0.3, -0.25) is 4.68 Å². The Bertz CT molecular complexity index is 630. The van der Waals surface area contributed by atoms with E-state index in [1.165, 1.54) is 0 Å². The summed E-state index contributed by atoms with van der Waals surface area (Å²) in [5.74, 6) is 0.907. The number of hydrogen-bond donors (Lipinski definition) is 4. The van der Waals surface area contributed by atoms with Crippen LogP contribution in [0.4, 0.5) is 23.0 Å². The number of quaternary nitrogens is 1. The summed E-state index contributed by atoms with van der Waals surface area (Å²) in [7, 11) is 6.53. The van der Waals surface area contributed by atoms with E-state index in [1.54, 1.807) is 21.8 Å². The van der Waals surface area contributed by atoms with Gasteiger partial charge < -0.3 is 27.4 Å². The highest BCUT2D eigenvalue weighted by molar-refractivity contribution is 5.57. The molecule has 23 heavy (non-hydrogen) atoms. The maximum atomic E-state index is 5.91. The van der Waals surface area contributed by atoms with Crippen LogP contribution in [0.5, 0.6) is 0 Å². The van der Waals surface area contributed by atoms with Gasteiger partial charge in [-0.25, -0.2) is 4.68 Å². The molecule has 1 unspecified atom stereocenters. The molecule has 0 bridgehead atoms. The largest absolute Gasteiger partial charge is 0.394 e. The number of hydrogen-bond acceptors (Lipinski definition) is 6. The number of nitrogens with zero attached hydrogens (tertiary/aromatic N) is 5. The predicted octanol–water partition coefficient (Wildman–Crippen LogP) is -0.0364. The lowest BCUT2D eigenvalue weighted by Crippen LogP contribution is -2.46. The van der Waals surface area contributed by atoms with Crippen molar-refractivity contribution in [3.05, 3.63) is 12.4 Å². The van der Waals surface area contributed by atoms with E-state index in [4.69, 9.17) is 22.9 Å². The fourth-order valence-corrected chi connectivity index (χ4v) is 2.63. The first kappa shape index (κ1) is 16.9. The van der Waals surface area contributed by atoms with E-state index in [-0.39, 0.29) is 0 Å². The van der Waals surface area contributed by atoms with Gasteiger partial charge >= 0.3 is 0 Å². The van der Waals surface area contributed by atoms with Gasteiger partial charge in [-0.05, 0) is 0 Å². The molecular formula is C14H28N9+. The van der Waals surface area contributed by atoms with Crippen molar-refractivity contribution in [3.8, 4) is 0 Å². The highest BCUT2D eigenvalue weighted by Gasteiger charge is 2.24. The molecule has 0 fully saturated rings. The molecule has 1 atom stereocenters. The summed E-state index contributed by atoms with van der Waals surface area (Å²) >= 11 is 0. The van der Waals surface area contributed by atoms with Crippen LogP contribution in [0.2, 0.25) is 0 Å². The molecule has 9 nitrogen and oxygen atoms in total. The van der Waals surface area contributed by atoms with Crippen LogP contribution in [0.15, 0.2) is 12.4 Å². The van der Waals surface area contributed by atoms with Gasteiger partial charge in [0.15, 0.2) is 5.82 Å². The predicted molar refractivity (Wildman–Crippen MR) is 93.2 cm³/mol. The number of nitrogen functional groups attached to an aromatic ring is 4. The summed E-state index contributed by atoms with van der Waals surface area (Å²) in [6.45, 7) is 1.49. The second kappa shape index (κ2) is 6.37. The second-order valence-corrected chi connectivity index (χ2v) is 6.79. The normalized spacial score (nSPS) is 13.3. The summed E-state index contributed by atoms with van der Waals surface area (Å²) in [5, 5.41) is 8.42. The van der Waals surface area contributed by atoms with Crippen molar-refractivity contribution in [1.29, 1.82) is 0 Å². The second-order valence-electron chi connectivity index (χ2n) is 6.79. The Morgan fingerprint density at radius 1 is 1.04 bits per heavy atom. The summed E-state index contributed by atoms with van der Waals surface area (Å²) < 4.78 is 4.39. The third kappa shape index (κ3) is 4.07. The molecule has 0 saturated heterocycles. The SMILES string of the molecule is C[N+](C)(C)C(CCn1cc(N)c(N)n1)CCn1ncc(N)c1N. The van der Waals surface area contributed by atoms with E-state index in [9.17, 15) is 0 Å². The van der Waals surface area contributed by atoms with Crippen LogP contribution in [0.1, 0.15) is 12.8 Å². The lowest BCUT2D eigenvalue weighted by molar-refractivity contribution is -0.897. The first-order chi connectivity index (χ1) is 10.7. The van der Waals surface area contributed by atoms with Gasteiger partial charge in [0, 0.05) is 25.9 Å². The Labute approximate surface area is 136 Å². The van der Waals surface area contributed by atoms with Crippen molar-refractivity contribution in [2.75, 3.05) is 44.1 Å². The van der Waals surface area contributed by atoms with Crippen LogP contribution in [0.25, 0.3) is 0 Å². The molecule has 2 heterocycles. The Hall–Kier alpha value is -2.42. The summed E-state index contributed by atoms with van der Waals surface area (Å²) in [5.41, 5.74) is 24.1. The Morgan fingerprint density at radius 3 is 2.17 bits per heavy atom. The molecule has 8 N–H and O–H groups in total. The van der Waals surface area contributed by atoms with Crippen molar-refractivity contribution in [2.45, 2.75) is 32.0 Å². The minimum absolute atomic E-state index is 0.381. The molecule has 2 rings (SSSR count). The van der Waals surface area contributed by atoms with Gasteiger partial charge in [0.25, 0.3) is 0 Å². The number of aryl methyl sites for hydroxylation is 2. The van der Waals surface area contributed by atoms with Gasteiger partial charge in [-0.2, -0.15) is 10.2 Å². The van der Waals surface area contributed by atoms with Crippen molar-refractivity contribution in [2.24, 2.45) is 0 Å². The van der Waals surface area contributed by atoms with Gasteiger partial charge in [-0.1, -0.05) is 0 Å². The summed E-state index contributed by atoms with van der Waals surface area (Å²) in [6.07, 6.45) is 5.24. The molecular weight excluding hydrogens is 294 g/mol. The zero-order chi connectivity index (χ0) is 17.2. The van der Waals surface area contributed by atoms with Gasteiger partial charge in [0.05, 0.1) is 51.0 Å². The van der Waals surface area contributed by atoms with Crippen LogP contribution in [0.3, 0.4) is 0 Å². The molecule has 0 aliphatic carbocycles. The number of nitrogens with two attached hydrogens (primary N) is 4. The third-order valence-electron chi connectivity index (χ3n) is 4.19. The average molecular weight is 322 g/mol. The molecule has 2 aromatic heterocycles. The van der Waals surface area contributed by atoms with Crippen molar-refractivity contribution < 1.29 is 4.48 Å². The monoisotopic (exact) mass is 322 g/mol. The fourth-order valence-electron chi connectivity index (χ4n) is 2.63. The van der Waals surface area contributed by atoms with E-state index in [0.717, 1.165) is 30.4 Å². The molecule has 128 valence electrons. The van der Waals surface area contributed by atoms with E-state index >= 15 is 0 Å². The molecule has 0 spiro atoms. The fraction of sp³-hybridized carbons (Fsp3) is 0.571. The average Bonchev–Trinajstić information content (AvgIpc) is 2.93. The first-order valence-corrected chi connectivity index (χ1v) is 7.64. The zero-order valence-electron chi connectivity index (χ0n) is 14.1. The number of anilines is 4. The standard InChI is InChI=1S/C14H28N9/c1-23(2,3)10(4-6-21-9-12(16)13(17)20-21)5-7-22-14(18)11(15)8-19-22/h8-10H,4-7,15-16,18H2,1-3H3,(H2,17,20)/q+1.